The van der Waals surface area contributed by atoms with E-state index >= 15 is 0 Å². The molecule has 1 aliphatic rings. The molecular weight excluding hydrogens is 392 g/mol. The highest BCUT2D eigenvalue weighted by atomic mass is 32.2. The van der Waals surface area contributed by atoms with Gasteiger partial charge in [0.15, 0.2) is 0 Å². The van der Waals surface area contributed by atoms with Crippen LogP contribution in [0.15, 0.2) is 58.0 Å². The third-order valence-corrected chi connectivity index (χ3v) is 6.98. The molecule has 0 saturated carbocycles. The molecule has 0 N–H and O–H groups in total. The molecule has 1 fully saturated rings. The van der Waals surface area contributed by atoms with E-state index in [1.54, 1.807) is 67.5 Å². The maximum atomic E-state index is 13.2. The smallest absolute Gasteiger partial charge is 0.243 e. The van der Waals surface area contributed by atoms with Crippen LogP contribution in [0, 0.1) is 0 Å². The van der Waals surface area contributed by atoms with E-state index in [4.69, 9.17) is 9.15 Å². The number of hydrogen-bond donors (Lipinski definition) is 0. The number of hydrogen-bond acceptors (Lipinski definition) is 5. The molecule has 1 atom stereocenters. The van der Waals surface area contributed by atoms with Crippen LogP contribution < -0.4 is 0 Å². The van der Waals surface area contributed by atoms with E-state index in [0.29, 0.717) is 18.9 Å². The molecule has 1 unspecified atom stereocenters. The van der Waals surface area contributed by atoms with Crippen LogP contribution in [0.4, 0.5) is 0 Å². The highest BCUT2D eigenvalue weighted by molar-refractivity contribution is 7.89. The average molecular weight is 421 g/mol. The first-order valence-corrected chi connectivity index (χ1v) is 11.3. The van der Waals surface area contributed by atoms with Crippen LogP contribution in [0.2, 0.25) is 0 Å². The molecular formula is C21H28N2O5S. The summed E-state index contributed by atoms with van der Waals surface area (Å²) < 4.78 is 38.5. The van der Waals surface area contributed by atoms with Gasteiger partial charge in [0.25, 0.3) is 0 Å². The minimum absolute atomic E-state index is 0.0351. The lowest BCUT2D eigenvalue weighted by Gasteiger charge is -2.30. The first-order chi connectivity index (χ1) is 13.9. The van der Waals surface area contributed by atoms with Gasteiger partial charge in [0.2, 0.25) is 15.9 Å². The number of carbonyl (C=O) groups is 1. The third kappa shape index (κ3) is 5.46. The van der Waals surface area contributed by atoms with Gasteiger partial charge in [-0.25, -0.2) is 8.42 Å². The van der Waals surface area contributed by atoms with Crippen molar-refractivity contribution in [1.82, 2.24) is 9.21 Å². The molecule has 0 radical (unpaired) electrons. The van der Waals surface area contributed by atoms with Gasteiger partial charge in [-0.3, -0.25) is 4.79 Å². The van der Waals surface area contributed by atoms with E-state index in [-0.39, 0.29) is 36.0 Å². The fraction of sp³-hybridized carbons (Fsp3) is 0.476. The second-order valence-electron chi connectivity index (χ2n) is 7.45. The normalized spacial score (nSPS) is 17.2. The Morgan fingerprint density at radius 3 is 2.52 bits per heavy atom. The Kier molecular flexibility index (Phi) is 7.10. The minimum atomic E-state index is -3.79. The van der Waals surface area contributed by atoms with Gasteiger partial charge in [-0.15, -0.1) is 0 Å². The largest absolute Gasteiger partial charge is 0.467 e. The molecule has 29 heavy (non-hydrogen) atoms. The molecule has 158 valence electrons. The summed E-state index contributed by atoms with van der Waals surface area (Å²) in [6.07, 6.45) is 3.38. The number of nitrogens with zero attached hydrogens (tertiary/aromatic N) is 2. The van der Waals surface area contributed by atoms with Gasteiger partial charge < -0.3 is 14.1 Å². The van der Waals surface area contributed by atoms with E-state index in [0.717, 1.165) is 12.8 Å². The zero-order valence-corrected chi connectivity index (χ0v) is 17.7. The minimum Gasteiger partial charge on any atom is -0.467 e. The van der Waals surface area contributed by atoms with Crippen molar-refractivity contribution < 1.29 is 22.4 Å². The van der Waals surface area contributed by atoms with Crippen LogP contribution in [-0.4, -0.2) is 55.4 Å². The fourth-order valence-corrected chi connectivity index (χ4v) is 4.99. The lowest BCUT2D eigenvalue weighted by Crippen LogP contribution is -2.47. The fourth-order valence-electron chi connectivity index (χ4n) is 3.39. The summed E-state index contributed by atoms with van der Waals surface area (Å²) in [4.78, 5) is 15.0. The topological polar surface area (TPSA) is 80.1 Å². The van der Waals surface area contributed by atoms with Crippen LogP contribution in [0.25, 0.3) is 0 Å². The zero-order chi connectivity index (χ0) is 20.9. The molecule has 1 aromatic heterocycles. The van der Waals surface area contributed by atoms with Gasteiger partial charge >= 0.3 is 0 Å². The number of sulfonamides is 1. The second-order valence-corrected chi connectivity index (χ2v) is 9.34. The molecule has 7 nitrogen and oxygen atoms in total. The van der Waals surface area contributed by atoms with Crippen molar-refractivity contribution in [2.45, 2.75) is 50.3 Å². The van der Waals surface area contributed by atoms with Crippen molar-refractivity contribution in [1.29, 1.82) is 0 Å². The third-order valence-electron chi connectivity index (χ3n) is 4.94. The standard InChI is InChI=1S/C21H28N2O5S/c1-17(2)23(29(25,26)20-10-4-3-5-11-20)16-21(24)22(14-18-8-6-12-27-18)15-19-9-7-13-28-19/h3-6,8,10-12,17,19H,7,9,13-16H2,1-2H3. The van der Waals surface area contributed by atoms with Crippen molar-refractivity contribution in [3.05, 3.63) is 54.5 Å². The summed E-state index contributed by atoms with van der Waals surface area (Å²) >= 11 is 0. The lowest BCUT2D eigenvalue weighted by molar-refractivity contribution is -0.134. The summed E-state index contributed by atoms with van der Waals surface area (Å²) in [6.45, 7) is 4.69. The van der Waals surface area contributed by atoms with Crippen LogP contribution in [0.1, 0.15) is 32.4 Å². The Balaban J connectivity index is 1.79. The maximum Gasteiger partial charge on any atom is 0.243 e. The van der Waals surface area contributed by atoms with Crippen LogP contribution in [-0.2, 0) is 26.1 Å². The van der Waals surface area contributed by atoms with Crippen LogP contribution >= 0.6 is 0 Å². The number of furan rings is 1. The van der Waals surface area contributed by atoms with E-state index in [1.165, 1.54) is 4.31 Å². The molecule has 0 aliphatic carbocycles. The van der Waals surface area contributed by atoms with Gasteiger partial charge in [0.1, 0.15) is 5.76 Å². The Labute approximate surface area is 172 Å². The summed E-state index contributed by atoms with van der Waals surface area (Å²) in [5.74, 6) is 0.378. The first-order valence-electron chi connectivity index (χ1n) is 9.86. The molecule has 1 amide bonds. The van der Waals surface area contributed by atoms with Crippen molar-refractivity contribution in [2.75, 3.05) is 19.7 Å². The van der Waals surface area contributed by atoms with Gasteiger partial charge in [0.05, 0.1) is 30.4 Å². The van der Waals surface area contributed by atoms with E-state index in [2.05, 4.69) is 0 Å². The SMILES string of the molecule is CC(C)N(CC(=O)N(Cc1ccco1)CC1CCCO1)S(=O)(=O)c1ccccc1. The zero-order valence-electron chi connectivity index (χ0n) is 16.9. The molecule has 1 aromatic carbocycles. The van der Waals surface area contributed by atoms with E-state index in [9.17, 15) is 13.2 Å². The Morgan fingerprint density at radius 1 is 1.17 bits per heavy atom. The molecule has 0 bridgehead atoms. The molecule has 2 aromatic rings. The highest BCUT2D eigenvalue weighted by Gasteiger charge is 2.32. The van der Waals surface area contributed by atoms with Crippen LogP contribution in [0.3, 0.4) is 0 Å². The number of carbonyl (C=O) groups excluding carboxylic acids is 1. The van der Waals surface area contributed by atoms with Crippen molar-refractivity contribution >= 4 is 15.9 Å². The second kappa shape index (κ2) is 9.56. The molecule has 2 heterocycles. The summed E-state index contributed by atoms with van der Waals surface area (Å²) in [7, 11) is -3.79. The monoisotopic (exact) mass is 420 g/mol. The molecule has 8 heteroatoms. The van der Waals surface area contributed by atoms with Crippen molar-refractivity contribution in [3.8, 4) is 0 Å². The number of amides is 1. The molecule has 0 spiro atoms. The highest BCUT2D eigenvalue weighted by Crippen LogP contribution is 2.20. The van der Waals surface area contributed by atoms with Gasteiger partial charge in [-0.2, -0.15) is 4.31 Å². The molecule has 3 rings (SSSR count). The Bertz CT molecular complexity index is 875. The number of rotatable bonds is 9. The van der Waals surface area contributed by atoms with Crippen LogP contribution in [0.5, 0.6) is 0 Å². The van der Waals surface area contributed by atoms with Crippen molar-refractivity contribution in [2.24, 2.45) is 0 Å². The van der Waals surface area contributed by atoms with Gasteiger partial charge in [-0.1, -0.05) is 18.2 Å². The molecule has 1 saturated heterocycles. The lowest BCUT2D eigenvalue weighted by atomic mass is 10.2. The number of ether oxygens (including phenoxy) is 1. The summed E-state index contributed by atoms with van der Waals surface area (Å²) in [5.41, 5.74) is 0. The predicted molar refractivity (Wildman–Crippen MR) is 109 cm³/mol. The average Bonchev–Trinajstić information content (AvgIpc) is 3.40. The summed E-state index contributed by atoms with van der Waals surface area (Å²) in [6, 6.07) is 11.4. The number of benzene rings is 1. The maximum absolute atomic E-state index is 13.2. The quantitative estimate of drug-likeness (QED) is 0.623. The van der Waals surface area contributed by atoms with Gasteiger partial charge in [-0.05, 0) is 51.0 Å². The van der Waals surface area contributed by atoms with Gasteiger partial charge in [0, 0.05) is 19.2 Å². The first kappa shape index (κ1) is 21.5. The predicted octanol–water partition coefficient (Wildman–Crippen LogP) is 2.89. The van der Waals surface area contributed by atoms with E-state index in [1.807, 2.05) is 0 Å². The summed E-state index contributed by atoms with van der Waals surface area (Å²) in [5, 5.41) is 0. The Hall–Kier alpha value is -2.16. The Morgan fingerprint density at radius 2 is 1.93 bits per heavy atom. The molecule has 1 aliphatic heterocycles. The van der Waals surface area contributed by atoms with Crippen molar-refractivity contribution in [3.63, 3.8) is 0 Å². The van der Waals surface area contributed by atoms with E-state index < -0.39 is 10.0 Å².